The highest BCUT2D eigenvalue weighted by Crippen LogP contribution is 2.29. The maximum absolute atomic E-state index is 12.2. The first kappa shape index (κ1) is 19.7. The van der Waals surface area contributed by atoms with Gasteiger partial charge in [-0.2, -0.15) is 0 Å². The number of methoxy groups -OCH3 is 1. The molecule has 8 nitrogen and oxygen atoms in total. The third kappa shape index (κ3) is 4.69. The number of nitrogens with one attached hydrogen (secondary N) is 2. The number of nitrogens with zero attached hydrogens (tertiary/aromatic N) is 1. The second kappa shape index (κ2) is 8.83. The van der Waals surface area contributed by atoms with Crippen LogP contribution in [-0.2, 0) is 20.9 Å². The predicted octanol–water partition coefficient (Wildman–Crippen LogP) is 3.73. The van der Waals surface area contributed by atoms with Gasteiger partial charge in [0.2, 0.25) is 0 Å². The molecule has 0 fully saturated rings. The molecular weight excluding hydrogens is 406 g/mol. The molecule has 0 spiro atoms. The van der Waals surface area contributed by atoms with Gasteiger partial charge in [-0.15, -0.1) is 11.3 Å². The Bertz CT molecular complexity index is 1050. The van der Waals surface area contributed by atoms with E-state index in [1.165, 1.54) is 11.3 Å². The average Bonchev–Trinajstić information content (AvgIpc) is 3.21. The van der Waals surface area contributed by atoms with Crippen molar-refractivity contribution in [1.29, 1.82) is 0 Å². The highest BCUT2D eigenvalue weighted by molar-refractivity contribution is 7.13. The van der Waals surface area contributed by atoms with E-state index in [-0.39, 0.29) is 18.9 Å². The van der Waals surface area contributed by atoms with E-state index >= 15 is 0 Å². The van der Waals surface area contributed by atoms with Crippen molar-refractivity contribution in [3.63, 3.8) is 0 Å². The number of carbonyl (C=O) groups excluding carboxylic acids is 2. The monoisotopic (exact) mass is 425 g/mol. The van der Waals surface area contributed by atoms with Crippen molar-refractivity contribution in [3.8, 4) is 11.5 Å². The molecule has 2 N–H and O–H groups in total. The molecule has 0 saturated heterocycles. The summed E-state index contributed by atoms with van der Waals surface area (Å²) in [5.41, 5.74) is 2.07. The van der Waals surface area contributed by atoms with Crippen LogP contribution in [0.1, 0.15) is 12.1 Å². The van der Waals surface area contributed by atoms with Crippen molar-refractivity contribution in [1.82, 2.24) is 4.98 Å². The Labute approximate surface area is 176 Å². The Morgan fingerprint density at radius 2 is 2.03 bits per heavy atom. The zero-order valence-corrected chi connectivity index (χ0v) is 16.9. The molecule has 30 heavy (non-hydrogen) atoms. The Morgan fingerprint density at radius 1 is 1.23 bits per heavy atom. The molecule has 1 aliphatic heterocycles. The van der Waals surface area contributed by atoms with Gasteiger partial charge < -0.3 is 24.8 Å². The number of benzene rings is 2. The zero-order chi connectivity index (χ0) is 20.9. The lowest BCUT2D eigenvalue weighted by molar-refractivity contribution is -0.149. The number of hydrogen-bond acceptors (Lipinski definition) is 8. The molecular formula is C21H19N3O5S. The molecule has 4 rings (SSSR count). The summed E-state index contributed by atoms with van der Waals surface area (Å²) in [6.07, 6.45) is -1.10. The van der Waals surface area contributed by atoms with E-state index in [4.69, 9.17) is 14.2 Å². The first-order valence-electron chi connectivity index (χ1n) is 9.18. The molecule has 154 valence electrons. The van der Waals surface area contributed by atoms with Crippen molar-refractivity contribution in [2.45, 2.75) is 19.1 Å². The lowest BCUT2D eigenvalue weighted by Crippen LogP contribution is -2.38. The van der Waals surface area contributed by atoms with E-state index in [0.717, 1.165) is 11.4 Å². The molecule has 2 aromatic carbocycles. The number of esters is 1. The lowest BCUT2D eigenvalue weighted by Gasteiger charge is -2.25. The number of thiazole rings is 1. The van der Waals surface area contributed by atoms with Gasteiger partial charge in [-0.25, -0.2) is 4.98 Å². The minimum Gasteiger partial charge on any atom is -0.497 e. The van der Waals surface area contributed by atoms with E-state index in [2.05, 4.69) is 15.6 Å². The van der Waals surface area contributed by atoms with Gasteiger partial charge >= 0.3 is 5.97 Å². The second-order valence-electron chi connectivity index (χ2n) is 6.45. The van der Waals surface area contributed by atoms with Gasteiger partial charge in [0.1, 0.15) is 18.1 Å². The van der Waals surface area contributed by atoms with Gasteiger partial charge in [0, 0.05) is 11.1 Å². The van der Waals surface area contributed by atoms with Gasteiger partial charge in [-0.1, -0.05) is 12.1 Å². The van der Waals surface area contributed by atoms with E-state index < -0.39 is 12.1 Å². The molecule has 9 heteroatoms. The number of anilines is 3. The molecule has 0 bridgehead atoms. The fraction of sp³-hybridized carbons (Fsp3) is 0.190. The maximum Gasteiger partial charge on any atom is 0.310 e. The number of fused-ring (bicyclic) bond motifs is 1. The van der Waals surface area contributed by atoms with Crippen LogP contribution in [0, 0.1) is 0 Å². The summed E-state index contributed by atoms with van der Waals surface area (Å²) in [6, 6.07) is 14.5. The third-order valence-electron chi connectivity index (χ3n) is 4.33. The standard InChI is InChI=1S/C21H19N3O5S/c1-27-15-8-6-13(7-9-15)22-21-23-14(12-30-21)11-28-19(25)10-18-20(26)24-16-4-2-3-5-17(16)29-18/h2-9,12,18H,10-11H2,1H3,(H,22,23)(H,24,26). The largest absolute Gasteiger partial charge is 0.497 e. The maximum atomic E-state index is 12.2. The number of carbonyl (C=O) groups is 2. The Kier molecular flexibility index (Phi) is 5.80. The van der Waals surface area contributed by atoms with Crippen LogP contribution in [0.25, 0.3) is 0 Å². The van der Waals surface area contributed by atoms with Crippen LogP contribution in [0.15, 0.2) is 53.9 Å². The molecule has 1 aromatic heterocycles. The van der Waals surface area contributed by atoms with Gasteiger partial charge in [-0.3, -0.25) is 9.59 Å². The number of aromatic nitrogens is 1. The quantitative estimate of drug-likeness (QED) is 0.557. The zero-order valence-electron chi connectivity index (χ0n) is 16.1. The van der Waals surface area contributed by atoms with Gasteiger partial charge in [0.25, 0.3) is 5.91 Å². The number of rotatable bonds is 7. The molecule has 1 atom stereocenters. The number of para-hydroxylation sites is 2. The second-order valence-corrected chi connectivity index (χ2v) is 7.31. The van der Waals surface area contributed by atoms with Crippen LogP contribution in [-0.4, -0.2) is 30.1 Å². The van der Waals surface area contributed by atoms with Crippen LogP contribution >= 0.6 is 11.3 Å². The Hall–Kier alpha value is -3.59. The van der Waals surface area contributed by atoms with Gasteiger partial charge in [0.15, 0.2) is 11.2 Å². The fourth-order valence-corrected chi connectivity index (χ4v) is 3.54. The van der Waals surface area contributed by atoms with Crippen molar-refractivity contribution < 1.29 is 23.8 Å². The molecule has 3 aromatic rings. The summed E-state index contributed by atoms with van der Waals surface area (Å²) >= 11 is 1.40. The van der Waals surface area contributed by atoms with E-state index in [9.17, 15) is 9.59 Å². The fourth-order valence-electron chi connectivity index (χ4n) is 2.82. The Balaban J connectivity index is 1.28. The summed E-state index contributed by atoms with van der Waals surface area (Å²) in [6.45, 7) is 0.0184. The van der Waals surface area contributed by atoms with Crippen molar-refractivity contribution in [2.75, 3.05) is 17.7 Å². The normalized spacial score (nSPS) is 14.8. The minimum absolute atomic E-state index is 0.0184. The predicted molar refractivity (Wildman–Crippen MR) is 112 cm³/mol. The summed E-state index contributed by atoms with van der Waals surface area (Å²) in [5, 5.41) is 8.39. The van der Waals surface area contributed by atoms with Gasteiger partial charge in [-0.05, 0) is 36.4 Å². The highest BCUT2D eigenvalue weighted by atomic mass is 32.1. The molecule has 1 amide bonds. The SMILES string of the molecule is COc1ccc(Nc2nc(COC(=O)CC3Oc4ccccc4NC3=O)cs2)cc1. The van der Waals surface area contributed by atoms with Crippen LogP contribution < -0.4 is 20.1 Å². The Morgan fingerprint density at radius 3 is 2.83 bits per heavy atom. The average molecular weight is 425 g/mol. The number of amides is 1. The topological polar surface area (TPSA) is 98.8 Å². The van der Waals surface area contributed by atoms with Crippen LogP contribution in [0.2, 0.25) is 0 Å². The molecule has 1 aliphatic rings. The molecule has 2 heterocycles. The van der Waals surface area contributed by atoms with Crippen LogP contribution in [0.3, 0.4) is 0 Å². The molecule has 0 radical (unpaired) electrons. The smallest absolute Gasteiger partial charge is 0.310 e. The summed E-state index contributed by atoms with van der Waals surface area (Å²) < 4.78 is 16.0. The summed E-state index contributed by atoms with van der Waals surface area (Å²) in [7, 11) is 1.61. The van der Waals surface area contributed by atoms with Crippen molar-refractivity contribution in [3.05, 3.63) is 59.6 Å². The molecule has 0 saturated carbocycles. The van der Waals surface area contributed by atoms with E-state index in [1.54, 1.807) is 36.8 Å². The van der Waals surface area contributed by atoms with Crippen LogP contribution in [0.5, 0.6) is 11.5 Å². The molecule has 0 aliphatic carbocycles. The molecule has 1 unspecified atom stereocenters. The first-order valence-corrected chi connectivity index (χ1v) is 10.1. The van der Waals surface area contributed by atoms with E-state index in [1.807, 2.05) is 24.3 Å². The first-order chi connectivity index (χ1) is 14.6. The van der Waals surface area contributed by atoms with Crippen molar-refractivity contribution in [2.24, 2.45) is 0 Å². The van der Waals surface area contributed by atoms with Crippen molar-refractivity contribution >= 4 is 39.7 Å². The third-order valence-corrected chi connectivity index (χ3v) is 5.14. The van der Waals surface area contributed by atoms with Crippen LogP contribution in [0.4, 0.5) is 16.5 Å². The lowest BCUT2D eigenvalue weighted by atomic mass is 10.1. The number of hydrogen-bond donors (Lipinski definition) is 2. The van der Waals surface area contributed by atoms with E-state index in [0.29, 0.717) is 22.3 Å². The highest BCUT2D eigenvalue weighted by Gasteiger charge is 2.30. The number of ether oxygens (including phenoxy) is 3. The van der Waals surface area contributed by atoms with Gasteiger partial charge in [0.05, 0.1) is 24.9 Å². The summed E-state index contributed by atoms with van der Waals surface area (Å²) in [4.78, 5) is 28.7. The summed E-state index contributed by atoms with van der Waals surface area (Å²) in [5.74, 6) is 0.396. The minimum atomic E-state index is -0.921.